The lowest BCUT2D eigenvalue weighted by molar-refractivity contribution is -0.128. The standard InChI is InChI=1S/C33H48N6O4/c1-3-5-11-21-35-29(42)20-18-25(41)23-36-30(43)19-17-24(40)13-8-7-12-22-39-28(16-6-4-2)38-31-32(39)26-14-9-10-15-27(26)37-33(31)34/h9-10,14-15H,3-8,11-13,16-23H2,1-2H3,(H2,34,37)(H,35,42)(H,36,43). The fourth-order valence-corrected chi connectivity index (χ4v) is 5.14. The number of unbranched alkanes of at least 4 members (excludes halogenated alkanes) is 5. The number of rotatable bonds is 21. The lowest BCUT2D eigenvalue weighted by Gasteiger charge is -2.11. The van der Waals surface area contributed by atoms with Gasteiger partial charge in [0.1, 0.15) is 17.1 Å². The van der Waals surface area contributed by atoms with Crippen LogP contribution in [0.3, 0.4) is 0 Å². The van der Waals surface area contributed by atoms with Crippen molar-refractivity contribution in [1.29, 1.82) is 0 Å². The van der Waals surface area contributed by atoms with Crippen molar-refractivity contribution < 1.29 is 19.2 Å². The molecule has 0 aliphatic carbocycles. The topological polar surface area (TPSA) is 149 Å². The summed E-state index contributed by atoms with van der Waals surface area (Å²) in [7, 11) is 0. The van der Waals surface area contributed by atoms with E-state index in [1.165, 1.54) is 0 Å². The molecule has 10 nitrogen and oxygen atoms in total. The van der Waals surface area contributed by atoms with Gasteiger partial charge < -0.3 is 20.9 Å². The molecule has 0 aliphatic rings. The van der Waals surface area contributed by atoms with Crippen molar-refractivity contribution in [3.63, 3.8) is 0 Å². The number of ketones is 2. The van der Waals surface area contributed by atoms with Gasteiger partial charge in [-0.1, -0.05) is 57.7 Å². The number of imidazole rings is 1. The van der Waals surface area contributed by atoms with Crippen LogP contribution < -0.4 is 16.4 Å². The number of hydrogen-bond acceptors (Lipinski definition) is 7. The lowest BCUT2D eigenvalue weighted by atomic mass is 10.1. The number of nitrogens with two attached hydrogens (primary N) is 1. The van der Waals surface area contributed by atoms with Crippen LogP contribution in [0, 0.1) is 0 Å². The number of hydrogen-bond donors (Lipinski definition) is 3. The van der Waals surface area contributed by atoms with Crippen LogP contribution in [-0.2, 0) is 32.1 Å². The van der Waals surface area contributed by atoms with Crippen molar-refractivity contribution in [2.24, 2.45) is 0 Å². The maximum absolute atomic E-state index is 12.4. The van der Waals surface area contributed by atoms with Crippen LogP contribution >= 0.6 is 0 Å². The van der Waals surface area contributed by atoms with E-state index in [1.807, 2.05) is 18.2 Å². The monoisotopic (exact) mass is 592 g/mol. The summed E-state index contributed by atoms with van der Waals surface area (Å²) in [5.74, 6) is 0.852. The Morgan fingerprint density at radius 1 is 0.767 bits per heavy atom. The van der Waals surface area contributed by atoms with Crippen LogP contribution in [0.4, 0.5) is 5.82 Å². The first-order chi connectivity index (χ1) is 20.8. The molecule has 4 N–H and O–H groups in total. The number of para-hydroxylation sites is 1. The quantitative estimate of drug-likeness (QED) is 0.144. The van der Waals surface area contributed by atoms with E-state index in [9.17, 15) is 19.2 Å². The predicted molar refractivity (Wildman–Crippen MR) is 171 cm³/mol. The SMILES string of the molecule is CCCCCNC(=O)CCC(=O)CNC(=O)CCC(=O)CCCCCn1c(CCCC)nc2c(N)nc3ccccc3c21. The van der Waals surface area contributed by atoms with Crippen molar-refractivity contribution in [2.75, 3.05) is 18.8 Å². The third kappa shape index (κ3) is 10.8. The number of aryl methyl sites for hydroxylation is 2. The zero-order valence-electron chi connectivity index (χ0n) is 25.9. The van der Waals surface area contributed by atoms with Gasteiger partial charge in [0.25, 0.3) is 0 Å². The normalized spacial score (nSPS) is 11.2. The summed E-state index contributed by atoms with van der Waals surface area (Å²) in [4.78, 5) is 57.7. The lowest BCUT2D eigenvalue weighted by Crippen LogP contribution is -2.31. The Hall–Kier alpha value is -3.82. The minimum Gasteiger partial charge on any atom is -0.382 e. The number of benzene rings is 1. The molecule has 2 amide bonds. The predicted octanol–water partition coefficient (Wildman–Crippen LogP) is 5.19. The maximum atomic E-state index is 12.4. The third-order valence-electron chi connectivity index (χ3n) is 7.63. The highest BCUT2D eigenvalue weighted by Crippen LogP contribution is 2.29. The summed E-state index contributed by atoms with van der Waals surface area (Å²) >= 11 is 0. The highest BCUT2D eigenvalue weighted by Gasteiger charge is 2.17. The molecular formula is C33H48N6O4. The van der Waals surface area contributed by atoms with Gasteiger partial charge in [-0.25, -0.2) is 9.97 Å². The van der Waals surface area contributed by atoms with Gasteiger partial charge in [-0.3, -0.25) is 19.2 Å². The first-order valence-corrected chi connectivity index (χ1v) is 15.9. The van der Waals surface area contributed by atoms with Crippen molar-refractivity contribution in [3.05, 3.63) is 30.1 Å². The molecular weight excluding hydrogens is 544 g/mol. The van der Waals surface area contributed by atoms with Crippen LogP contribution in [0.1, 0.15) is 103 Å². The average molecular weight is 593 g/mol. The highest BCUT2D eigenvalue weighted by atomic mass is 16.2. The van der Waals surface area contributed by atoms with Crippen LogP contribution in [0.15, 0.2) is 24.3 Å². The van der Waals surface area contributed by atoms with Gasteiger partial charge in [0.15, 0.2) is 11.6 Å². The molecule has 3 aromatic rings. The first-order valence-electron chi connectivity index (χ1n) is 15.9. The molecule has 0 unspecified atom stereocenters. The molecule has 0 saturated heterocycles. The van der Waals surface area contributed by atoms with Crippen molar-refractivity contribution in [1.82, 2.24) is 25.2 Å². The Bertz CT molecular complexity index is 1380. The second-order valence-electron chi connectivity index (χ2n) is 11.2. The number of nitrogens with one attached hydrogen (secondary N) is 2. The van der Waals surface area contributed by atoms with Crippen LogP contribution in [0.5, 0.6) is 0 Å². The molecule has 0 spiro atoms. The molecule has 43 heavy (non-hydrogen) atoms. The molecule has 0 radical (unpaired) electrons. The van der Waals surface area contributed by atoms with E-state index in [4.69, 9.17) is 10.7 Å². The summed E-state index contributed by atoms with van der Waals surface area (Å²) in [6.45, 7) is 5.55. The summed E-state index contributed by atoms with van der Waals surface area (Å²) in [5.41, 5.74) is 8.93. The Morgan fingerprint density at radius 2 is 1.49 bits per heavy atom. The molecule has 0 saturated carbocycles. The van der Waals surface area contributed by atoms with Crippen molar-refractivity contribution in [2.45, 2.75) is 110 Å². The molecule has 10 heteroatoms. The van der Waals surface area contributed by atoms with E-state index in [1.54, 1.807) is 0 Å². The molecule has 0 atom stereocenters. The second-order valence-corrected chi connectivity index (χ2v) is 11.2. The Balaban J connectivity index is 1.37. The number of aromatic nitrogens is 3. The summed E-state index contributed by atoms with van der Waals surface area (Å²) in [6.07, 6.45) is 9.45. The smallest absolute Gasteiger partial charge is 0.220 e. The molecule has 3 rings (SSSR count). The molecule has 0 aliphatic heterocycles. The minimum absolute atomic E-state index is 0.0442. The minimum atomic E-state index is -0.321. The van der Waals surface area contributed by atoms with Crippen LogP contribution in [0.2, 0.25) is 0 Å². The number of amides is 2. The third-order valence-corrected chi connectivity index (χ3v) is 7.63. The maximum Gasteiger partial charge on any atom is 0.220 e. The molecule has 0 bridgehead atoms. The van der Waals surface area contributed by atoms with Gasteiger partial charge in [-0.15, -0.1) is 0 Å². The number of Topliss-reactive ketones (excluding diaryl/α,β-unsaturated/α-hetero) is 2. The van der Waals surface area contributed by atoms with E-state index >= 15 is 0 Å². The van der Waals surface area contributed by atoms with Gasteiger partial charge in [0.05, 0.1) is 17.6 Å². The second kappa shape index (κ2) is 18.0. The van der Waals surface area contributed by atoms with Crippen LogP contribution in [-0.4, -0.2) is 51.0 Å². The number of carbonyl (C=O) groups is 4. The van der Waals surface area contributed by atoms with E-state index in [0.29, 0.717) is 18.8 Å². The highest BCUT2D eigenvalue weighted by molar-refractivity contribution is 6.06. The largest absolute Gasteiger partial charge is 0.382 e. The summed E-state index contributed by atoms with van der Waals surface area (Å²) in [6, 6.07) is 7.99. The summed E-state index contributed by atoms with van der Waals surface area (Å²) in [5, 5.41) is 6.41. The Morgan fingerprint density at radius 3 is 2.26 bits per heavy atom. The zero-order chi connectivity index (χ0) is 31.0. The van der Waals surface area contributed by atoms with Gasteiger partial charge >= 0.3 is 0 Å². The van der Waals surface area contributed by atoms with Crippen LogP contribution in [0.25, 0.3) is 21.9 Å². The van der Waals surface area contributed by atoms with Crippen molar-refractivity contribution >= 4 is 51.1 Å². The Kier molecular flexibility index (Phi) is 14.1. The van der Waals surface area contributed by atoms with E-state index < -0.39 is 0 Å². The fraction of sp³-hybridized carbons (Fsp3) is 0.576. The fourth-order valence-electron chi connectivity index (χ4n) is 5.14. The molecule has 2 heterocycles. The number of pyridine rings is 1. The van der Waals surface area contributed by atoms with E-state index in [0.717, 1.165) is 92.1 Å². The van der Waals surface area contributed by atoms with Crippen molar-refractivity contribution in [3.8, 4) is 0 Å². The number of carbonyl (C=O) groups excluding carboxylic acids is 4. The number of nitrogen functional groups attached to an aromatic ring is 1. The molecule has 234 valence electrons. The summed E-state index contributed by atoms with van der Waals surface area (Å²) < 4.78 is 2.28. The molecule has 1 aromatic carbocycles. The van der Waals surface area contributed by atoms with E-state index in [-0.39, 0.29) is 55.6 Å². The van der Waals surface area contributed by atoms with Gasteiger partial charge in [0.2, 0.25) is 11.8 Å². The van der Waals surface area contributed by atoms with Gasteiger partial charge in [0, 0.05) is 57.0 Å². The number of anilines is 1. The van der Waals surface area contributed by atoms with Gasteiger partial charge in [-0.2, -0.15) is 0 Å². The first kappa shape index (κ1) is 33.7. The van der Waals surface area contributed by atoms with E-state index in [2.05, 4.69) is 40.1 Å². The number of fused-ring (bicyclic) bond motifs is 3. The number of nitrogens with zero attached hydrogens (tertiary/aromatic N) is 3. The average Bonchev–Trinajstić information content (AvgIpc) is 3.38. The Labute approximate surface area is 254 Å². The molecule has 0 fully saturated rings. The van der Waals surface area contributed by atoms with Gasteiger partial charge in [-0.05, 0) is 31.7 Å². The zero-order valence-corrected chi connectivity index (χ0v) is 25.9. The molecule has 2 aromatic heterocycles.